The van der Waals surface area contributed by atoms with Crippen LogP contribution in [0.4, 0.5) is 13.6 Å². The number of likely N-dealkylation sites (N-methyl/N-ethyl adjacent to an activating group) is 4. The van der Waals surface area contributed by atoms with Gasteiger partial charge in [0.1, 0.15) is 34.7 Å². The van der Waals surface area contributed by atoms with E-state index in [9.17, 15) is 18.8 Å². The van der Waals surface area contributed by atoms with Gasteiger partial charge in [0, 0.05) is 90.8 Å². The first-order valence-electron chi connectivity index (χ1n) is 23.3. The van der Waals surface area contributed by atoms with E-state index in [1.54, 1.807) is 39.9 Å². The van der Waals surface area contributed by atoms with Gasteiger partial charge in [-0.25, -0.2) is 13.6 Å². The first-order chi connectivity index (χ1) is 32.8. The molecule has 0 saturated carbocycles. The van der Waals surface area contributed by atoms with Crippen molar-refractivity contribution in [3.63, 3.8) is 0 Å². The predicted octanol–water partition coefficient (Wildman–Crippen LogP) is 9.19. The number of ether oxygens (including phenoxy) is 1. The maximum absolute atomic E-state index is 15.1. The highest BCUT2D eigenvalue weighted by molar-refractivity contribution is 9.10. The molecule has 2 aliphatic rings. The maximum Gasteiger partial charge on any atom is 0.410 e. The van der Waals surface area contributed by atoms with E-state index in [1.807, 2.05) is 95.3 Å². The minimum atomic E-state index is -0.608. The zero-order valence-electron chi connectivity index (χ0n) is 40.3. The summed E-state index contributed by atoms with van der Waals surface area (Å²) in [4.78, 5) is 47.2. The maximum atomic E-state index is 15.1. The first-order valence-corrected chi connectivity index (χ1v) is 24.9. The van der Waals surface area contributed by atoms with E-state index in [2.05, 4.69) is 62.5 Å². The van der Waals surface area contributed by atoms with Gasteiger partial charge in [0.05, 0.1) is 17.1 Å². The molecule has 2 saturated heterocycles. The van der Waals surface area contributed by atoms with Crippen molar-refractivity contribution in [2.75, 3.05) is 67.5 Å². The Balaban J connectivity index is 0.000000208. The van der Waals surface area contributed by atoms with Gasteiger partial charge < -0.3 is 29.7 Å². The lowest BCUT2D eigenvalue weighted by molar-refractivity contribution is -0.134. The number of amides is 3. The average Bonchev–Trinajstić information content (AvgIpc) is 4.15. The fraction of sp³-hybridized carbons (Fsp3) is 0.431. The smallest absolute Gasteiger partial charge is 0.410 e. The fourth-order valence-corrected chi connectivity index (χ4v) is 9.44. The van der Waals surface area contributed by atoms with Crippen LogP contribution in [-0.4, -0.2) is 148 Å². The molecule has 4 aromatic carbocycles. The number of hydrogen-bond acceptors (Lipinski definition) is 9. The predicted molar refractivity (Wildman–Crippen MR) is 273 cm³/mol. The lowest BCUT2D eigenvalue weighted by atomic mass is 10.0. The monoisotopic (exact) mass is 1070 g/mol. The Morgan fingerprint density at radius 2 is 1.20 bits per heavy atom. The van der Waals surface area contributed by atoms with Crippen molar-refractivity contribution in [1.29, 1.82) is 0 Å². The molecule has 2 aliphatic heterocycles. The van der Waals surface area contributed by atoms with Crippen molar-refractivity contribution < 1.29 is 27.9 Å². The summed E-state index contributed by atoms with van der Waals surface area (Å²) in [6.45, 7) is 10.5. The van der Waals surface area contributed by atoms with E-state index in [1.165, 1.54) is 6.07 Å². The van der Waals surface area contributed by atoms with Crippen LogP contribution < -0.4 is 5.32 Å². The highest BCUT2D eigenvalue weighted by Crippen LogP contribution is 2.32. The summed E-state index contributed by atoms with van der Waals surface area (Å²) >= 11 is 6.88. The topological polar surface area (TPSA) is 146 Å². The second kappa shape index (κ2) is 22.7. The lowest BCUT2D eigenvalue weighted by Gasteiger charge is -2.30. The number of fused-ring (bicyclic) bond motifs is 2. The number of carbonyl (C=O) groups is 3. The van der Waals surface area contributed by atoms with Crippen LogP contribution in [0.5, 0.6) is 0 Å². The summed E-state index contributed by atoms with van der Waals surface area (Å²) in [5, 5.41) is 19.6. The number of aromatic amines is 2. The molecule has 4 heterocycles. The third-order valence-corrected chi connectivity index (χ3v) is 13.4. The Morgan fingerprint density at radius 1 is 0.696 bits per heavy atom. The molecule has 3 N–H and O–H groups in total. The van der Waals surface area contributed by atoms with Crippen LogP contribution >= 0.6 is 31.9 Å². The van der Waals surface area contributed by atoms with E-state index in [4.69, 9.17) is 4.74 Å². The third-order valence-electron chi connectivity index (χ3n) is 12.4. The van der Waals surface area contributed by atoms with Crippen LogP contribution in [-0.2, 0) is 27.4 Å². The second-order valence-electron chi connectivity index (χ2n) is 19.1. The number of aromatic nitrogens is 4. The minimum absolute atomic E-state index is 0.0452. The number of H-pyrrole nitrogens is 2. The Bertz CT molecular complexity index is 2770. The van der Waals surface area contributed by atoms with Crippen LogP contribution in [0.15, 0.2) is 81.7 Å². The van der Waals surface area contributed by atoms with Crippen molar-refractivity contribution in [3.8, 4) is 22.5 Å². The number of nitrogens with one attached hydrogen (secondary N) is 3. The fourth-order valence-electron chi connectivity index (χ4n) is 8.71. The van der Waals surface area contributed by atoms with E-state index in [0.29, 0.717) is 68.2 Å². The van der Waals surface area contributed by atoms with Crippen LogP contribution in [0.2, 0.25) is 0 Å². The molecule has 0 radical (unpaired) electrons. The first kappa shape index (κ1) is 51.6. The summed E-state index contributed by atoms with van der Waals surface area (Å²) in [5.74, 6) is -0.556. The van der Waals surface area contributed by atoms with Crippen molar-refractivity contribution in [2.45, 2.75) is 77.2 Å². The number of nitrogens with zero attached hydrogens (tertiary/aromatic N) is 7. The molecule has 8 rings (SSSR count). The molecule has 2 aromatic heterocycles. The second-order valence-corrected chi connectivity index (χ2v) is 21.0. The van der Waals surface area contributed by atoms with E-state index in [-0.39, 0.29) is 29.5 Å². The molecule has 368 valence electrons. The molecule has 6 aromatic rings. The molecule has 3 amide bonds. The van der Waals surface area contributed by atoms with E-state index >= 15 is 4.39 Å². The van der Waals surface area contributed by atoms with Gasteiger partial charge in [0.15, 0.2) is 0 Å². The number of rotatable bonds is 14. The molecule has 14 nitrogen and oxygen atoms in total. The average molecular weight is 1080 g/mol. The molecule has 2 fully saturated rings. The van der Waals surface area contributed by atoms with Gasteiger partial charge in [0.25, 0.3) is 0 Å². The summed E-state index contributed by atoms with van der Waals surface area (Å²) in [5.41, 5.74) is 4.92. The molecular formula is C51H62Br2F2N10O4. The molecule has 0 aliphatic carbocycles. The van der Waals surface area contributed by atoms with Gasteiger partial charge in [-0.3, -0.25) is 24.7 Å². The molecule has 1 unspecified atom stereocenters. The van der Waals surface area contributed by atoms with Crippen LogP contribution in [0.25, 0.3) is 44.3 Å². The minimum Gasteiger partial charge on any atom is -0.444 e. The zero-order chi connectivity index (χ0) is 49.6. The number of carbonyl (C=O) groups excluding carboxylic acids is 3. The highest BCUT2D eigenvalue weighted by Gasteiger charge is 2.38. The van der Waals surface area contributed by atoms with Crippen molar-refractivity contribution in [3.05, 3.63) is 105 Å². The molecule has 0 spiro atoms. The van der Waals surface area contributed by atoms with Crippen LogP contribution in [0.1, 0.15) is 57.6 Å². The summed E-state index contributed by atoms with van der Waals surface area (Å²) < 4.78 is 37.4. The molecule has 69 heavy (non-hydrogen) atoms. The highest BCUT2D eigenvalue weighted by atomic mass is 79.9. The number of halogens is 4. The van der Waals surface area contributed by atoms with Gasteiger partial charge in [-0.15, -0.1) is 0 Å². The number of likely N-dealkylation sites (tertiary alicyclic amines) is 1. The van der Waals surface area contributed by atoms with Gasteiger partial charge in [-0.1, -0.05) is 44.0 Å². The lowest BCUT2D eigenvalue weighted by Crippen LogP contribution is -2.49. The Labute approximate surface area is 419 Å². The molecule has 0 bridgehead atoms. The van der Waals surface area contributed by atoms with Gasteiger partial charge in [0.2, 0.25) is 11.8 Å². The zero-order valence-corrected chi connectivity index (χ0v) is 43.5. The van der Waals surface area contributed by atoms with Crippen molar-refractivity contribution in [2.24, 2.45) is 0 Å². The van der Waals surface area contributed by atoms with Crippen LogP contribution in [0, 0.1) is 11.6 Å². The number of benzene rings is 4. The van der Waals surface area contributed by atoms with Gasteiger partial charge in [-0.2, -0.15) is 10.2 Å². The SMILES string of the molecule is CN(CCN(C)C(=O)C1CCCN1)Cc1ccc(-c2n[nH]c3cc(Br)ccc23)c(F)c1.CN(CCN(C)C(=O)[C@H]1CCCN1C(=O)OC(C)(C)C)Cc1ccc(-c2n[nH]c3cc(Br)ccc23)c(F)c1. The van der Waals surface area contributed by atoms with Gasteiger partial charge in [-0.05, 0) is 139 Å². The molecule has 18 heteroatoms. The van der Waals surface area contributed by atoms with Crippen LogP contribution in [0.3, 0.4) is 0 Å². The Kier molecular flexibility index (Phi) is 16.9. The standard InChI is InChI=1S/C28H35BrFN5O3.C23H27BrFN5O/c1-28(2,3)38-27(37)35-12-6-7-24(35)26(36)34(5)14-13-33(4)17-18-8-10-20(22(30)15-18)25-21-11-9-19(29)16-23(21)31-32-25;1-29(10-11-30(2)23(31)20-4-3-9-26-20)14-15-5-7-17(19(25)12-15)22-18-8-6-16(24)13-21(18)27-28-22/h8-11,15-16,24H,6-7,12-14,17H2,1-5H3,(H,31,32);5-8,12-13,20,26H,3-4,9-11,14H2,1-2H3,(H,27,28)/t24-;/m1./s1. The van der Waals surface area contributed by atoms with Crippen molar-refractivity contribution in [1.82, 2.24) is 50.2 Å². The normalized spacial score (nSPS) is 16.1. The molecular weight excluding hydrogens is 1010 g/mol. The summed E-state index contributed by atoms with van der Waals surface area (Å²) in [6, 6.07) is 21.5. The Morgan fingerprint density at radius 3 is 1.67 bits per heavy atom. The van der Waals surface area contributed by atoms with Crippen molar-refractivity contribution >= 4 is 71.6 Å². The van der Waals surface area contributed by atoms with Gasteiger partial charge >= 0.3 is 6.09 Å². The van der Waals surface area contributed by atoms with E-state index < -0.39 is 17.7 Å². The summed E-state index contributed by atoms with van der Waals surface area (Å²) in [7, 11) is 7.52. The third kappa shape index (κ3) is 13.1. The van der Waals surface area contributed by atoms with E-state index in [0.717, 1.165) is 74.2 Å². The number of hydrogen-bond donors (Lipinski definition) is 3. The quantitative estimate of drug-likeness (QED) is 0.0973. The molecule has 2 atom stereocenters. The Hall–Kier alpha value is -5.27. The largest absolute Gasteiger partial charge is 0.444 e. The summed E-state index contributed by atoms with van der Waals surface area (Å²) in [6.07, 6.45) is 2.92.